The van der Waals surface area contributed by atoms with Crippen LogP contribution in [0.1, 0.15) is 5.56 Å². The molecule has 0 spiro atoms. The number of anilines is 1. The molecule has 0 bridgehead atoms. The molecule has 2 fully saturated rings. The molecule has 3 aromatic rings. The average molecular weight is 508 g/mol. The van der Waals surface area contributed by atoms with Crippen LogP contribution in [0.25, 0.3) is 16.9 Å². The zero-order valence-corrected chi connectivity index (χ0v) is 20.6. The number of ether oxygens (including phenoxy) is 1. The predicted octanol–water partition coefficient (Wildman–Crippen LogP) is 1.32. The fourth-order valence-corrected chi connectivity index (χ4v) is 4.65. The zero-order valence-electron chi connectivity index (χ0n) is 20.6. The van der Waals surface area contributed by atoms with Crippen LogP contribution in [0.2, 0.25) is 0 Å². The Kier molecular flexibility index (Phi) is 7.42. The summed E-state index contributed by atoms with van der Waals surface area (Å²) in [6, 6.07) is 8.61. The number of morpholine rings is 1. The van der Waals surface area contributed by atoms with E-state index in [1.165, 1.54) is 6.07 Å². The summed E-state index contributed by atoms with van der Waals surface area (Å²) >= 11 is 0. The van der Waals surface area contributed by atoms with Crippen LogP contribution < -0.4 is 10.2 Å². The van der Waals surface area contributed by atoms with Gasteiger partial charge in [0.25, 0.3) is 0 Å². The lowest BCUT2D eigenvalue weighted by molar-refractivity contribution is -0.133. The van der Waals surface area contributed by atoms with E-state index in [0.717, 1.165) is 36.1 Å². The Morgan fingerprint density at radius 3 is 2.59 bits per heavy atom. The largest absolute Gasteiger partial charge is 0.378 e. The van der Waals surface area contributed by atoms with Crippen molar-refractivity contribution in [2.24, 2.45) is 0 Å². The lowest BCUT2D eigenvalue weighted by atomic mass is 10.2. The van der Waals surface area contributed by atoms with Crippen molar-refractivity contribution in [1.29, 1.82) is 0 Å². The van der Waals surface area contributed by atoms with Gasteiger partial charge in [-0.05, 0) is 29.8 Å². The van der Waals surface area contributed by atoms with E-state index in [0.29, 0.717) is 57.3 Å². The lowest BCUT2D eigenvalue weighted by Gasteiger charge is -2.34. The van der Waals surface area contributed by atoms with Crippen LogP contribution in [0, 0.1) is 5.82 Å². The summed E-state index contributed by atoms with van der Waals surface area (Å²) in [5.74, 6) is 0.282. The van der Waals surface area contributed by atoms with E-state index in [1.807, 2.05) is 6.20 Å². The standard InChI is InChI=1S/C26H30FN7O3/c1-2-23(35)28-16-24(36)32-9-7-31(8-10-32)17-19-15-22-26(33-11-13-37-14-12-33)29-25(30-34(22)18-19)20-5-3-4-6-21(20)27/h2-6,15,18H,1,7-14,16-17H2,(H,28,35). The number of hydrogen-bond acceptors (Lipinski definition) is 7. The molecule has 194 valence electrons. The molecular weight excluding hydrogens is 477 g/mol. The minimum atomic E-state index is -0.362. The highest BCUT2D eigenvalue weighted by Gasteiger charge is 2.23. The first kappa shape index (κ1) is 24.8. The zero-order chi connectivity index (χ0) is 25.8. The Morgan fingerprint density at radius 1 is 1.11 bits per heavy atom. The van der Waals surface area contributed by atoms with Gasteiger partial charge in [-0.25, -0.2) is 13.9 Å². The third kappa shape index (κ3) is 5.62. The molecule has 1 N–H and O–H groups in total. The Bertz CT molecular complexity index is 1300. The number of piperazine rings is 1. The van der Waals surface area contributed by atoms with E-state index in [1.54, 1.807) is 27.6 Å². The number of fused-ring (bicyclic) bond motifs is 1. The molecule has 1 aromatic carbocycles. The summed E-state index contributed by atoms with van der Waals surface area (Å²) in [6.45, 7) is 9.30. The van der Waals surface area contributed by atoms with Crippen molar-refractivity contribution in [3.63, 3.8) is 0 Å². The molecule has 0 aliphatic carbocycles. The van der Waals surface area contributed by atoms with Gasteiger partial charge in [-0.3, -0.25) is 14.5 Å². The number of benzene rings is 1. The maximum absolute atomic E-state index is 14.6. The number of carbonyl (C=O) groups excluding carboxylic acids is 2. The Hall–Kier alpha value is -3.83. The predicted molar refractivity (Wildman–Crippen MR) is 136 cm³/mol. The first-order valence-electron chi connectivity index (χ1n) is 12.4. The summed E-state index contributed by atoms with van der Waals surface area (Å²) in [5, 5.41) is 7.18. The number of aromatic nitrogens is 3. The topological polar surface area (TPSA) is 95.3 Å². The van der Waals surface area contributed by atoms with Crippen molar-refractivity contribution in [3.05, 3.63) is 60.6 Å². The van der Waals surface area contributed by atoms with Crippen molar-refractivity contribution < 1.29 is 18.7 Å². The van der Waals surface area contributed by atoms with Gasteiger partial charge in [-0.15, -0.1) is 5.10 Å². The van der Waals surface area contributed by atoms with Gasteiger partial charge in [-0.1, -0.05) is 18.7 Å². The van der Waals surface area contributed by atoms with E-state index in [9.17, 15) is 14.0 Å². The first-order valence-corrected chi connectivity index (χ1v) is 12.4. The van der Waals surface area contributed by atoms with Gasteiger partial charge in [0.2, 0.25) is 11.8 Å². The molecule has 2 amide bonds. The number of carbonyl (C=O) groups is 2. The number of nitrogens with one attached hydrogen (secondary N) is 1. The van der Waals surface area contributed by atoms with Crippen molar-refractivity contribution in [3.8, 4) is 11.4 Å². The number of amides is 2. The van der Waals surface area contributed by atoms with Crippen LogP contribution in [0.15, 0.2) is 49.2 Å². The van der Waals surface area contributed by atoms with Gasteiger partial charge in [0.05, 0.1) is 25.3 Å². The summed E-state index contributed by atoms with van der Waals surface area (Å²) in [6.07, 6.45) is 3.12. The molecule has 37 heavy (non-hydrogen) atoms. The Balaban J connectivity index is 1.33. The highest BCUT2D eigenvalue weighted by Crippen LogP contribution is 2.27. The Morgan fingerprint density at radius 2 is 1.86 bits per heavy atom. The Labute approximate surface area is 214 Å². The van der Waals surface area contributed by atoms with Crippen LogP contribution in [0.4, 0.5) is 10.2 Å². The molecule has 10 nitrogen and oxygen atoms in total. The van der Waals surface area contributed by atoms with E-state index in [2.05, 4.69) is 32.9 Å². The fraction of sp³-hybridized carbons (Fsp3) is 0.385. The van der Waals surface area contributed by atoms with Crippen molar-refractivity contribution in [2.75, 3.05) is 63.9 Å². The van der Waals surface area contributed by atoms with Crippen LogP contribution in [-0.2, 0) is 20.9 Å². The van der Waals surface area contributed by atoms with Crippen LogP contribution in [0.3, 0.4) is 0 Å². The molecule has 0 atom stereocenters. The third-order valence-electron chi connectivity index (χ3n) is 6.66. The normalized spacial score (nSPS) is 16.7. The quantitative estimate of drug-likeness (QED) is 0.482. The number of rotatable bonds is 7. The average Bonchev–Trinajstić information content (AvgIpc) is 3.34. The van der Waals surface area contributed by atoms with E-state index in [4.69, 9.17) is 9.72 Å². The summed E-state index contributed by atoms with van der Waals surface area (Å²) < 4.78 is 21.9. The SMILES string of the molecule is C=CC(=O)NCC(=O)N1CCN(Cc2cc3c(N4CCOCC4)nc(-c4ccccc4F)nn3c2)CC1. The number of hydrogen-bond donors (Lipinski definition) is 1. The molecule has 2 aliphatic rings. The van der Waals surface area contributed by atoms with Crippen molar-refractivity contribution in [2.45, 2.75) is 6.54 Å². The number of halogens is 1. The molecule has 0 saturated carbocycles. The molecule has 0 unspecified atom stereocenters. The van der Waals surface area contributed by atoms with Gasteiger partial charge >= 0.3 is 0 Å². The van der Waals surface area contributed by atoms with Gasteiger partial charge in [0, 0.05) is 52.0 Å². The summed E-state index contributed by atoms with van der Waals surface area (Å²) in [7, 11) is 0. The van der Waals surface area contributed by atoms with Crippen LogP contribution in [-0.4, -0.2) is 95.2 Å². The van der Waals surface area contributed by atoms with Gasteiger partial charge < -0.3 is 19.9 Å². The number of nitrogens with zero attached hydrogens (tertiary/aromatic N) is 6. The molecule has 0 radical (unpaired) electrons. The second-order valence-electron chi connectivity index (χ2n) is 9.10. The van der Waals surface area contributed by atoms with Crippen molar-refractivity contribution >= 4 is 23.1 Å². The molecular formula is C26H30FN7O3. The second kappa shape index (κ2) is 11.1. The maximum Gasteiger partial charge on any atom is 0.243 e. The van der Waals surface area contributed by atoms with Gasteiger partial charge in [-0.2, -0.15) is 0 Å². The highest BCUT2D eigenvalue weighted by molar-refractivity contribution is 5.90. The van der Waals surface area contributed by atoms with E-state index in [-0.39, 0.29) is 24.2 Å². The molecule has 5 rings (SSSR count). The molecule has 2 aromatic heterocycles. The maximum atomic E-state index is 14.6. The highest BCUT2D eigenvalue weighted by atomic mass is 19.1. The van der Waals surface area contributed by atoms with Crippen LogP contribution >= 0.6 is 0 Å². The molecule has 2 aliphatic heterocycles. The first-order chi connectivity index (χ1) is 18.0. The van der Waals surface area contributed by atoms with Gasteiger partial charge in [0.1, 0.15) is 11.3 Å². The summed E-state index contributed by atoms with van der Waals surface area (Å²) in [4.78, 5) is 34.7. The minimum Gasteiger partial charge on any atom is -0.378 e. The molecule has 4 heterocycles. The second-order valence-corrected chi connectivity index (χ2v) is 9.10. The van der Waals surface area contributed by atoms with E-state index < -0.39 is 0 Å². The van der Waals surface area contributed by atoms with E-state index >= 15 is 0 Å². The van der Waals surface area contributed by atoms with Crippen molar-refractivity contribution in [1.82, 2.24) is 29.7 Å². The third-order valence-corrected chi connectivity index (χ3v) is 6.66. The fourth-order valence-electron chi connectivity index (χ4n) is 4.65. The van der Waals surface area contributed by atoms with Gasteiger partial charge in [0.15, 0.2) is 11.6 Å². The smallest absolute Gasteiger partial charge is 0.243 e. The van der Waals surface area contributed by atoms with Crippen LogP contribution in [0.5, 0.6) is 0 Å². The summed E-state index contributed by atoms with van der Waals surface area (Å²) in [5.41, 5.74) is 2.29. The monoisotopic (exact) mass is 507 g/mol. The minimum absolute atomic E-state index is 0.0247. The lowest BCUT2D eigenvalue weighted by Crippen LogP contribution is -2.50. The molecule has 2 saturated heterocycles. The molecule has 11 heteroatoms.